The van der Waals surface area contributed by atoms with E-state index in [4.69, 9.17) is 0 Å². The SMILES string of the molecule is C/C=C(/CCC(C)CCc1cccc(C2=CCC(C)C=C2)c1)C(C)=NC. The molecule has 0 saturated carbocycles. The fourth-order valence-electron chi connectivity index (χ4n) is 3.48. The first-order valence-electron chi connectivity index (χ1n) is 10.1. The highest BCUT2D eigenvalue weighted by molar-refractivity contribution is 5.97. The van der Waals surface area contributed by atoms with Crippen LogP contribution in [0.4, 0.5) is 0 Å². The maximum atomic E-state index is 4.33. The van der Waals surface area contributed by atoms with Gasteiger partial charge in [0, 0.05) is 12.8 Å². The molecule has 0 aliphatic heterocycles. The standard InChI is InChI=1S/C25H35N/c1-6-23(21(4)26-5)15-11-19(2)10-14-22-8-7-9-25(18-22)24-16-12-20(3)13-17-24/h6-9,12,16-20H,10-11,13-15H2,1-5H3/b23-6-,26-21?. The van der Waals surface area contributed by atoms with Crippen LogP contribution in [0.3, 0.4) is 0 Å². The lowest BCUT2D eigenvalue weighted by Crippen LogP contribution is -2.03. The summed E-state index contributed by atoms with van der Waals surface area (Å²) in [6.07, 6.45) is 15.1. The molecule has 2 atom stereocenters. The topological polar surface area (TPSA) is 12.4 Å². The Balaban J connectivity index is 1.88. The molecular formula is C25H35N. The molecule has 1 aromatic rings. The molecule has 0 spiro atoms. The van der Waals surface area contributed by atoms with E-state index in [0.717, 1.165) is 25.2 Å². The monoisotopic (exact) mass is 349 g/mol. The van der Waals surface area contributed by atoms with Crippen molar-refractivity contribution in [2.45, 2.75) is 59.8 Å². The van der Waals surface area contributed by atoms with E-state index < -0.39 is 0 Å². The fraction of sp³-hybridized carbons (Fsp3) is 0.480. The molecule has 0 heterocycles. The van der Waals surface area contributed by atoms with E-state index in [1.807, 2.05) is 7.05 Å². The summed E-state index contributed by atoms with van der Waals surface area (Å²) in [5.41, 5.74) is 6.77. The van der Waals surface area contributed by atoms with Crippen LogP contribution < -0.4 is 0 Å². The van der Waals surface area contributed by atoms with Crippen molar-refractivity contribution in [3.63, 3.8) is 0 Å². The molecule has 0 aromatic heterocycles. The summed E-state index contributed by atoms with van der Waals surface area (Å²) in [5.74, 6) is 1.40. The molecule has 1 nitrogen and oxygen atoms in total. The summed E-state index contributed by atoms with van der Waals surface area (Å²) in [6.45, 7) is 8.88. The molecule has 1 aliphatic rings. The first-order chi connectivity index (χ1) is 12.5. The smallest absolute Gasteiger partial charge is 0.0342 e. The van der Waals surface area contributed by atoms with Gasteiger partial charge in [-0.2, -0.15) is 0 Å². The van der Waals surface area contributed by atoms with E-state index in [1.165, 1.54) is 40.8 Å². The fourth-order valence-corrected chi connectivity index (χ4v) is 3.48. The van der Waals surface area contributed by atoms with E-state index in [9.17, 15) is 0 Å². The van der Waals surface area contributed by atoms with Crippen LogP contribution in [0.25, 0.3) is 5.57 Å². The van der Waals surface area contributed by atoms with Gasteiger partial charge in [0.2, 0.25) is 0 Å². The van der Waals surface area contributed by atoms with Crippen molar-refractivity contribution in [3.05, 3.63) is 65.3 Å². The van der Waals surface area contributed by atoms with Gasteiger partial charge in [0.15, 0.2) is 0 Å². The molecule has 1 aliphatic carbocycles. The van der Waals surface area contributed by atoms with Crippen molar-refractivity contribution < 1.29 is 0 Å². The van der Waals surface area contributed by atoms with Crippen LogP contribution in [0.1, 0.15) is 64.5 Å². The Labute approximate surface area is 160 Å². The van der Waals surface area contributed by atoms with E-state index >= 15 is 0 Å². The molecule has 2 rings (SSSR count). The Morgan fingerprint density at radius 3 is 2.77 bits per heavy atom. The summed E-state index contributed by atoms with van der Waals surface area (Å²) in [5, 5.41) is 0. The average Bonchev–Trinajstić information content (AvgIpc) is 2.67. The first kappa shape index (κ1) is 20.4. The Morgan fingerprint density at radius 1 is 1.31 bits per heavy atom. The molecule has 0 N–H and O–H groups in total. The number of aryl methyl sites for hydroxylation is 1. The lowest BCUT2D eigenvalue weighted by molar-refractivity contribution is 0.494. The molecule has 140 valence electrons. The van der Waals surface area contributed by atoms with Crippen LogP contribution >= 0.6 is 0 Å². The van der Waals surface area contributed by atoms with Gasteiger partial charge in [-0.05, 0) is 80.1 Å². The highest BCUT2D eigenvalue weighted by Crippen LogP contribution is 2.25. The molecule has 0 radical (unpaired) electrons. The zero-order valence-electron chi connectivity index (χ0n) is 17.3. The van der Waals surface area contributed by atoms with Gasteiger partial charge in [0.25, 0.3) is 0 Å². The van der Waals surface area contributed by atoms with Crippen LogP contribution in [-0.4, -0.2) is 12.8 Å². The van der Waals surface area contributed by atoms with E-state index in [-0.39, 0.29) is 0 Å². The number of allylic oxidation sites excluding steroid dienone is 6. The van der Waals surface area contributed by atoms with Crippen molar-refractivity contribution in [2.75, 3.05) is 7.05 Å². The normalized spacial score (nSPS) is 19.4. The summed E-state index contributed by atoms with van der Waals surface area (Å²) >= 11 is 0. The number of benzene rings is 1. The van der Waals surface area contributed by atoms with Crippen LogP contribution in [-0.2, 0) is 6.42 Å². The van der Waals surface area contributed by atoms with Gasteiger partial charge in [0.1, 0.15) is 0 Å². The molecule has 0 saturated heterocycles. The molecule has 0 fully saturated rings. The quantitative estimate of drug-likeness (QED) is 0.446. The zero-order chi connectivity index (χ0) is 18.9. The highest BCUT2D eigenvalue weighted by Gasteiger charge is 2.09. The molecular weight excluding hydrogens is 314 g/mol. The molecule has 2 unspecified atom stereocenters. The lowest BCUT2D eigenvalue weighted by atomic mass is 9.91. The van der Waals surface area contributed by atoms with Gasteiger partial charge in [-0.25, -0.2) is 0 Å². The van der Waals surface area contributed by atoms with Crippen LogP contribution in [0.5, 0.6) is 0 Å². The van der Waals surface area contributed by atoms with Gasteiger partial charge in [0.05, 0.1) is 0 Å². The number of hydrogen-bond donors (Lipinski definition) is 0. The minimum atomic E-state index is 0.672. The molecule has 1 aromatic carbocycles. The summed E-state index contributed by atoms with van der Waals surface area (Å²) < 4.78 is 0. The number of rotatable bonds is 8. The van der Waals surface area contributed by atoms with Gasteiger partial charge >= 0.3 is 0 Å². The number of hydrogen-bond acceptors (Lipinski definition) is 1. The second kappa shape index (κ2) is 10.3. The third-order valence-electron chi connectivity index (χ3n) is 5.56. The molecule has 0 amide bonds. The predicted octanol–water partition coefficient (Wildman–Crippen LogP) is 7.05. The van der Waals surface area contributed by atoms with Crippen molar-refractivity contribution in [1.82, 2.24) is 0 Å². The molecule has 0 bridgehead atoms. The maximum absolute atomic E-state index is 4.33. The first-order valence-corrected chi connectivity index (χ1v) is 10.1. The van der Waals surface area contributed by atoms with Gasteiger partial charge < -0.3 is 0 Å². The largest absolute Gasteiger partial charge is 0.293 e. The lowest BCUT2D eigenvalue weighted by Gasteiger charge is -2.15. The summed E-state index contributed by atoms with van der Waals surface area (Å²) in [4.78, 5) is 4.33. The second-order valence-corrected chi connectivity index (χ2v) is 7.74. The van der Waals surface area contributed by atoms with Gasteiger partial charge in [-0.15, -0.1) is 0 Å². The minimum Gasteiger partial charge on any atom is -0.293 e. The van der Waals surface area contributed by atoms with Gasteiger partial charge in [-0.1, -0.05) is 62.4 Å². The Bertz CT molecular complexity index is 703. The van der Waals surface area contributed by atoms with Crippen LogP contribution in [0, 0.1) is 11.8 Å². The van der Waals surface area contributed by atoms with Crippen LogP contribution in [0.2, 0.25) is 0 Å². The van der Waals surface area contributed by atoms with Crippen molar-refractivity contribution >= 4 is 11.3 Å². The second-order valence-electron chi connectivity index (χ2n) is 7.74. The number of aliphatic imine (C=N–C) groups is 1. The van der Waals surface area contributed by atoms with Crippen molar-refractivity contribution in [3.8, 4) is 0 Å². The van der Waals surface area contributed by atoms with Crippen LogP contribution in [0.15, 0.2) is 59.1 Å². The third kappa shape index (κ3) is 6.12. The summed E-state index contributed by atoms with van der Waals surface area (Å²) in [6, 6.07) is 9.10. The van der Waals surface area contributed by atoms with Crippen molar-refractivity contribution in [1.29, 1.82) is 0 Å². The van der Waals surface area contributed by atoms with E-state index in [2.05, 4.69) is 81.3 Å². The zero-order valence-corrected chi connectivity index (χ0v) is 17.3. The average molecular weight is 350 g/mol. The van der Waals surface area contributed by atoms with Gasteiger partial charge in [-0.3, -0.25) is 4.99 Å². The van der Waals surface area contributed by atoms with E-state index in [1.54, 1.807) is 0 Å². The third-order valence-corrected chi connectivity index (χ3v) is 5.56. The maximum Gasteiger partial charge on any atom is 0.0342 e. The molecule has 26 heavy (non-hydrogen) atoms. The van der Waals surface area contributed by atoms with E-state index in [0.29, 0.717) is 5.92 Å². The predicted molar refractivity (Wildman–Crippen MR) is 117 cm³/mol. The molecule has 1 heteroatoms. The minimum absolute atomic E-state index is 0.672. The summed E-state index contributed by atoms with van der Waals surface area (Å²) in [7, 11) is 1.88. The Kier molecular flexibility index (Phi) is 8.09. The van der Waals surface area contributed by atoms with Crippen molar-refractivity contribution in [2.24, 2.45) is 16.8 Å². The highest BCUT2D eigenvalue weighted by atomic mass is 14.7. The Hall–Kier alpha value is -1.89. The Morgan fingerprint density at radius 2 is 2.12 bits per heavy atom. The number of nitrogens with zero attached hydrogens (tertiary/aromatic N) is 1.